The lowest BCUT2D eigenvalue weighted by atomic mass is 9.73. The third-order valence-corrected chi connectivity index (χ3v) is 8.16. The summed E-state index contributed by atoms with van der Waals surface area (Å²) in [5.74, 6) is 0.306. The standard InChI is InChI=1S/C29H31N3O5/c1-35-26-25(16-30-27(31-26)36-2)29(34)14-18-8-7-9-19(15-29)32(18)28(33)37-17-24-22-12-5-3-10-20(22)21-11-4-6-13-23(21)24/h3-6,10-13,16,18-19,24,34H,7-9,14-15,17H2,1-2H3. The molecule has 37 heavy (non-hydrogen) atoms. The maximum Gasteiger partial charge on any atom is 0.410 e. The molecule has 0 radical (unpaired) electrons. The minimum Gasteiger partial charge on any atom is -0.481 e. The van der Waals surface area contributed by atoms with Gasteiger partial charge in [-0.05, 0) is 41.5 Å². The van der Waals surface area contributed by atoms with Gasteiger partial charge in [-0.3, -0.25) is 0 Å². The number of carbonyl (C=O) groups excluding carboxylic acids is 1. The second-order valence-electron chi connectivity index (χ2n) is 10.2. The van der Waals surface area contributed by atoms with Gasteiger partial charge in [0.15, 0.2) is 0 Å². The Bertz CT molecular complexity index is 1270. The van der Waals surface area contributed by atoms with E-state index in [1.165, 1.54) is 36.5 Å². The van der Waals surface area contributed by atoms with Crippen LogP contribution in [0, 0.1) is 0 Å². The van der Waals surface area contributed by atoms with Gasteiger partial charge in [-0.15, -0.1) is 0 Å². The summed E-state index contributed by atoms with van der Waals surface area (Å²) in [7, 11) is 3.00. The summed E-state index contributed by atoms with van der Waals surface area (Å²) in [5, 5.41) is 11.8. The van der Waals surface area contributed by atoms with Gasteiger partial charge in [0.2, 0.25) is 5.88 Å². The second-order valence-corrected chi connectivity index (χ2v) is 10.2. The van der Waals surface area contributed by atoms with Crippen LogP contribution in [0.2, 0.25) is 0 Å². The van der Waals surface area contributed by atoms with Gasteiger partial charge in [0.05, 0.1) is 19.8 Å². The molecule has 3 aromatic rings. The predicted octanol–water partition coefficient (Wildman–Crippen LogP) is 4.65. The number of carbonyl (C=O) groups is 1. The third kappa shape index (κ3) is 4.00. The number of benzene rings is 2. The minimum absolute atomic E-state index is 0.0126. The molecule has 1 aromatic heterocycles. The second kappa shape index (κ2) is 9.34. The van der Waals surface area contributed by atoms with Crippen LogP contribution in [0.4, 0.5) is 4.79 Å². The molecule has 1 N–H and O–H groups in total. The molecule has 1 aliphatic carbocycles. The van der Waals surface area contributed by atoms with Crippen molar-refractivity contribution < 1.29 is 24.1 Å². The molecule has 2 aliphatic heterocycles. The van der Waals surface area contributed by atoms with E-state index in [1.807, 2.05) is 29.2 Å². The van der Waals surface area contributed by atoms with E-state index in [9.17, 15) is 9.90 Å². The van der Waals surface area contributed by atoms with Crippen molar-refractivity contribution in [2.45, 2.75) is 55.7 Å². The van der Waals surface area contributed by atoms with E-state index in [1.54, 1.807) is 6.20 Å². The summed E-state index contributed by atoms with van der Waals surface area (Å²) < 4.78 is 16.6. The molecule has 6 rings (SSSR count). The SMILES string of the molecule is COc1ncc(C2(O)CC3CCCC(C2)N3C(=O)OCC2c3ccccc3-c3ccccc32)c(OC)n1. The van der Waals surface area contributed by atoms with E-state index >= 15 is 0 Å². The number of piperidine rings is 2. The molecule has 3 heterocycles. The Morgan fingerprint density at radius 2 is 1.62 bits per heavy atom. The molecule has 2 fully saturated rings. The largest absolute Gasteiger partial charge is 0.481 e. The lowest BCUT2D eigenvalue weighted by Gasteiger charge is -2.51. The first-order valence-electron chi connectivity index (χ1n) is 12.8. The van der Waals surface area contributed by atoms with Crippen LogP contribution < -0.4 is 9.47 Å². The minimum atomic E-state index is -1.20. The Hall–Kier alpha value is -3.65. The summed E-state index contributed by atoms with van der Waals surface area (Å²) in [5.41, 5.74) is 4.12. The van der Waals surface area contributed by atoms with Gasteiger partial charge in [0, 0.05) is 37.0 Å². The number of fused-ring (bicyclic) bond motifs is 5. The van der Waals surface area contributed by atoms with Gasteiger partial charge >= 0.3 is 12.1 Å². The third-order valence-electron chi connectivity index (χ3n) is 8.16. The molecule has 1 amide bonds. The van der Waals surface area contributed by atoms with Crippen LogP contribution in [-0.4, -0.2) is 59.0 Å². The number of methoxy groups -OCH3 is 2. The van der Waals surface area contributed by atoms with Crippen molar-refractivity contribution in [3.8, 4) is 23.0 Å². The van der Waals surface area contributed by atoms with E-state index in [4.69, 9.17) is 14.2 Å². The van der Waals surface area contributed by atoms with Crippen molar-refractivity contribution in [2.75, 3.05) is 20.8 Å². The first kappa shape index (κ1) is 23.7. The van der Waals surface area contributed by atoms with Gasteiger partial charge in [-0.25, -0.2) is 9.78 Å². The van der Waals surface area contributed by atoms with Crippen molar-refractivity contribution in [2.24, 2.45) is 0 Å². The first-order valence-corrected chi connectivity index (χ1v) is 12.8. The summed E-state index contributed by atoms with van der Waals surface area (Å²) in [4.78, 5) is 23.8. The van der Waals surface area contributed by atoms with Crippen LogP contribution >= 0.6 is 0 Å². The fourth-order valence-corrected chi connectivity index (χ4v) is 6.54. The summed E-state index contributed by atoms with van der Waals surface area (Å²) in [6.45, 7) is 0.285. The Morgan fingerprint density at radius 1 is 1.00 bits per heavy atom. The van der Waals surface area contributed by atoms with Crippen LogP contribution in [0.25, 0.3) is 11.1 Å². The van der Waals surface area contributed by atoms with Crippen molar-refractivity contribution >= 4 is 6.09 Å². The molecule has 2 bridgehead atoms. The van der Waals surface area contributed by atoms with Crippen molar-refractivity contribution in [1.82, 2.24) is 14.9 Å². The van der Waals surface area contributed by atoms with Crippen LogP contribution in [0.5, 0.6) is 11.9 Å². The monoisotopic (exact) mass is 501 g/mol. The van der Waals surface area contributed by atoms with Crippen molar-refractivity contribution in [3.63, 3.8) is 0 Å². The number of aliphatic hydroxyl groups is 1. The smallest absolute Gasteiger partial charge is 0.410 e. The molecule has 3 aliphatic rings. The number of rotatable bonds is 5. The van der Waals surface area contributed by atoms with E-state index in [2.05, 4.69) is 34.2 Å². The summed E-state index contributed by atoms with van der Waals surface area (Å²) >= 11 is 0. The summed E-state index contributed by atoms with van der Waals surface area (Å²) in [6, 6.07) is 16.6. The fourth-order valence-electron chi connectivity index (χ4n) is 6.54. The molecule has 0 saturated carbocycles. The van der Waals surface area contributed by atoms with Crippen LogP contribution in [0.1, 0.15) is 54.7 Å². The molecule has 2 saturated heterocycles. The number of aromatic nitrogens is 2. The number of hydrogen-bond donors (Lipinski definition) is 1. The quantitative estimate of drug-likeness (QED) is 0.544. The Balaban J connectivity index is 1.21. The molecular weight excluding hydrogens is 470 g/mol. The molecule has 8 nitrogen and oxygen atoms in total. The highest BCUT2D eigenvalue weighted by Crippen LogP contribution is 2.47. The molecule has 0 spiro atoms. The summed E-state index contributed by atoms with van der Waals surface area (Å²) in [6.07, 6.45) is 4.64. The Labute approximate surface area is 216 Å². The molecule has 2 atom stereocenters. The number of amides is 1. The number of hydrogen-bond acceptors (Lipinski definition) is 7. The highest BCUT2D eigenvalue weighted by molar-refractivity contribution is 5.79. The van der Waals surface area contributed by atoms with Crippen LogP contribution in [0.3, 0.4) is 0 Å². The lowest BCUT2D eigenvalue weighted by Crippen LogP contribution is -2.59. The van der Waals surface area contributed by atoms with Gasteiger partial charge in [-0.2, -0.15) is 4.98 Å². The van der Waals surface area contributed by atoms with Gasteiger partial charge in [-0.1, -0.05) is 48.5 Å². The molecule has 8 heteroatoms. The van der Waals surface area contributed by atoms with Gasteiger partial charge in [0.1, 0.15) is 12.2 Å². The number of nitrogens with zero attached hydrogens (tertiary/aromatic N) is 3. The Morgan fingerprint density at radius 3 is 2.22 bits per heavy atom. The van der Waals surface area contributed by atoms with Crippen molar-refractivity contribution in [1.29, 1.82) is 0 Å². The van der Waals surface area contributed by atoms with Gasteiger partial charge in [0.25, 0.3) is 0 Å². The average molecular weight is 502 g/mol. The van der Waals surface area contributed by atoms with Crippen LogP contribution in [-0.2, 0) is 10.3 Å². The van der Waals surface area contributed by atoms with Crippen molar-refractivity contribution in [3.05, 3.63) is 71.4 Å². The zero-order chi connectivity index (χ0) is 25.6. The zero-order valence-corrected chi connectivity index (χ0v) is 21.1. The van der Waals surface area contributed by atoms with Gasteiger partial charge < -0.3 is 24.2 Å². The van der Waals surface area contributed by atoms with E-state index in [0.29, 0.717) is 24.3 Å². The molecular formula is C29H31N3O5. The Kier molecular flexibility index (Phi) is 5.99. The van der Waals surface area contributed by atoms with E-state index in [0.717, 1.165) is 19.3 Å². The number of ether oxygens (including phenoxy) is 3. The normalized spacial score (nSPS) is 24.2. The topological polar surface area (TPSA) is 94.0 Å². The average Bonchev–Trinajstić information content (AvgIpc) is 3.24. The van der Waals surface area contributed by atoms with E-state index in [-0.39, 0.29) is 36.7 Å². The predicted molar refractivity (Wildman–Crippen MR) is 137 cm³/mol. The fraction of sp³-hybridized carbons (Fsp3) is 0.414. The highest BCUT2D eigenvalue weighted by atomic mass is 16.6. The molecule has 192 valence electrons. The lowest BCUT2D eigenvalue weighted by molar-refractivity contribution is -0.0903. The first-order chi connectivity index (χ1) is 18.0. The highest BCUT2D eigenvalue weighted by Gasteiger charge is 2.50. The maximum absolute atomic E-state index is 13.5. The molecule has 2 aromatic carbocycles. The zero-order valence-electron chi connectivity index (χ0n) is 21.1. The molecule has 2 unspecified atom stereocenters. The maximum atomic E-state index is 13.5. The van der Waals surface area contributed by atoms with E-state index < -0.39 is 5.60 Å². The van der Waals surface area contributed by atoms with Crippen LogP contribution in [0.15, 0.2) is 54.7 Å².